The van der Waals surface area contributed by atoms with Crippen LogP contribution in [0, 0.1) is 0 Å². The highest BCUT2D eigenvalue weighted by Crippen LogP contribution is 2.40. The first-order valence-corrected chi connectivity index (χ1v) is 11.6. The summed E-state index contributed by atoms with van der Waals surface area (Å²) >= 11 is 0. The number of aryl methyl sites for hydroxylation is 1. The first-order valence-electron chi connectivity index (χ1n) is 11.6. The van der Waals surface area contributed by atoms with E-state index in [2.05, 4.69) is 29.4 Å². The third-order valence-corrected chi connectivity index (χ3v) is 6.67. The minimum absolute atomic E-state index is 0.108. The SMILES string of the molecule is CCc1ccccc1NC(=O)N1CCc2c([nH]c3ccc(OC)cc23)[C@H]1c1ccc(OC)cc1. The summed E-state index contributed by atoms with van der Waals surface area (Å²) in [5.41, 5.74) is 6.32. The monoisotopic (exact) mass is 455 g/mol. The van der Waals surface area contributed by atoms with E-state index in [1.807, 2.05) is 59.5 Å². The van der Waals surface area contributed by atoms with Crippen molar-refractivity contribution in [3.63, 3.8) is 0 Å². The molecule has 0 saturated carbocycles. The molecule has 174 valence electrons. The lowest BCUT2D eigenvalue weighted by Crippen LogP contribution is -2.43. The number of carbonyl (C=O) groups excluding carboxylic acids is 1. The second-order valence-corrected chi connectivity index (χ2v) is 8.49. The Morgan fingerprint density at radius 1 is 1.03 bits per heavy atom. The molecule has 0 aliphatic carbocycles. The van der Waals surface area contributed by atoms with Crippen molar-refractivity contribution in [1.82, 2.24) is 9.88 Å². The van der Waals surface area contributed by atoms with Crippen LogP contribution in [0.1, 0.15) is 35.3 Å². The summed E-state index contributed by atoms with van der Waals surface area (Å²) in [4.78, 5) is 19.2. The van der Waals surface area contributed by atoms with Crippen LogP contribution in [0.3, 0.4) is 0 Å². The Hall–Kier alpha value is -3.93. The highest BCUT2D eigenvalue weighted by molar-refractivity contribution is 5.92. The molecule has 34 heavy (non-hydrogen) atoms. The normalized spacial score (nSPS) is 15.1. The number of H-pyrrole nitrogens is 1. The van der Waals surface area contributed by atoms with Crippen molar-refractivity contribution < 1.29 is 14.3 Å². The number of aromatic nitrogens is 1. The Bertz CT molecular complexity index is 1330. The lowest BCUT2D eigenvalue weighted by molar-refractivity contribution is 0.193. The van der Waals surface area contributed by atoms with E-state index in [9.17, 15) is 4.79 Å². The minimum Gasteiger partial charge on any atom is -0.497 e. The maximum Gasteiger partial charge on any atom is 0.322 e. The molecule has 0 fully saturated rings. The van der Waals surface area contributed by atoms with Crippen molar-refractivity contribution in [2.75, 3.05) is 26.1 Å². The summed E-state index contributed by atoms with van der Waals surface area (Å²) in [6.07, 6.45) is 1.62. The summed E-state index contributed by atoms with van der Waals surface area (Å²) in [5.74, 6) is 1.61. The van der Waals surface area contributed by atoms with Crippen LogP contribution in [0.4, 0.5) is 10.5 Å². The summed E-state index contributed by atoms with van der Waals surface area (Å²) in [6, 6.07) is 21.6. The van der Waals surface area contributed by atoms with Gasteiger partial charge in [-0.05, 0) is 65.9 Å². The molecule has 5 rings (SSSR count). The molecular formula is C28H29N3O3. The van der Waals surface area contributed by atoms with Gasteiger partial charge in [0.2, 0.25) is 0 Å². The van der Waals surface area contributed by atoms with E-state index in [1.54, 1.807) is 14.2 Å². The number of nitrogens with zero attached hydrogens (tertiary/aromatic N) is 1. The molecule has 0 radical (unpaired) electrons. The number of rotatable bonds is 5. The average molecular weight is 456 g/mol. The number of anilines is 1. The quantitative estimate of drug-likeness (QED) is 0.392. The first kappa shape index (κ1) is 21.9. The average Bonchev–Trinajstić information content (AvgIpc) is 3.26. The molecule has 0 bridgehead atoms. The summed E-state index contributed by atoms with van der Waals surface area (Å²) in [6.45, 7) is 2.70. The number of aromatic amines is 1. The third kappa shape index (κ3) is 3.85. The van der Waals surface area contributed by atoms with Gasteiger partial charge in [0.25, 0.3) is 0 Å². The van der Waals surface area contributed by atoms with Crippen LogP contribution in [0.5, 0.6) is 11.5 Å². The highest BCUT2D eigenvalue weighted by Gasteiger charge is 2.35. The van der Waals surface area contributed by atoms with Crippen LogP contribution in [0.25, 0.3) is 10.9 Å². The van der Waals surface area contributed by atoms with Crippen molar-refractivity contribution >= 4 is 22.6 Å². The predicted molar refractivity (Wildman–Crippen MR) is 135 cm³/mol. The number of fused-ring (bicyclic) bond motifs is 3. The zero-order valence-electron chi connectivity index (χ0n) is 19.7. The number of para-hydroxylation sites is 1. The van der Waals surface area contributed by atoms with Gasteiger partial charge >= 0.3 is 6.03 Å². The number of benzene rings is 3. The second-order valence-electron chi connectivity index (χ2n) is 8.49. The molecule has 1 aromatic heterocycles. The molecule has 0 unspecified atom stereocenters. The fourth-order valence-electron chi connectivity index (χ4n) is 4.88. The number of urea groups is 1. The summed E-state index contributed by atoms with van der Waals surface area (Å²) in [7, 11) is 3.34. The van der Waals surface area contributed by atoms with Gasteiger partial charge in [-0.3, -0.25) is 0 Å². The van der Waals surface area contributed by atoms with Gasteiger partial charge in [-0.15, -0.1) is 0 Å². The van der Waals surface area contributed by atoms with Crippen LogP contribution in [-0.4, -0.2) is 36.7 Å². The number of hydrogen-bond donors (Lipinski definition) is 2. The van der Waals surface area contributed by atoms with Crippen LogP contribution in [0.15, 0.2) is 66.7 Å². The van der Waals surface area contributed by atoms with Gasteiger partial charge in [0.1, 0.15) is 11.5 Å². The standard InChI is InChI=1S/C28H29N3O3/c1-4-18-7-5-6-8-24(18)30-28(32)31-16-15-22-23-17-21(34-3)13-14-25(23)29-26(22)27(31)19-9-11-20(33-2)12-10-19/h5-14,17,27,29H,4,15-16H2,1-3H3,(H,30,32)/t27-/m1/s1. The maximum absolute atomic E-state index is 13.6. The molecule has 6 heteroatoms. The van der Waals surface area contributed by atoms with Crippen molar-refractivity contribution in [3.8, 4) is 11.5 Å². The number of hydrogen-bond acceptors (Lipinski definition) is 3. The van der Waals surface area contributed by atoms with Gasteiger partial charge in [0, 0.05) is 28.8 Å². The zero-order valence-corrected chi connectivity index (χ0v) is 19.7. The van der Waals surface area contributed by atoms with Crippen LogP contribution >= 0.6 is 0 Å². The van der Waals surface area contributed by atoms with E-state index in [4.69, 9.17) is 9.47 Å². The van der Waals surface area contributed by atoms with Crippen LogP contribution < -0.4 is 14.8 Å². The summed E-state index contributed by atoms with van der Waals surface area (Å²) < 4.78 is 10.8. The molecule has 6 nitrogen and oxygen atoms in total. The molecule has 2 heterocycles. The number of ether oxygens (including phenoxy) is 2. The Morgan fingerprint density at radius 2 is 1.76 bits per heavy atom. The van der Waals surface area contributed by atoms with Gasteiger partial charge < -0.3 is 24.7 Å². The number of carbonyl (C=O) groups is 1. The molecule has 1 atom stereocenters. The zero-order chi connectivity index (χ0) is 23.7. The van der Waals surface area contributed by atoms with E-state index >= 15 is 0 Å². The molecule has 2 amide bonds. The van der Waals surface area contributed by atoms with Crippen molar-refractivity contribution in [3.05, 3.63) is 89.1 Å². The van der Waals surface area contributed by atoms with E-state index in [-0.39, 0.29) is 12.1 Å². The Morgan fingerprint density at radius 3 is 2.50 bits per heavy atom. The fourth-order valence-corrected chi connectivity index (χ4v) is 4.88. The van der Waals surface area contributed by atoms with Crippen LogP contribution in [-0.2, 0) is 12.8 Å². The fraction of sp³-hybridized carbons (Fsp3) is 0.250. The Labute approximate surface area is 199 Å². The van der Waals surface area contributed by atoms with Gasteiger partial charge in [0.15, 0.2) is 0 Å². The number of amides is 2. The molecule has 0 saturated heterocycles. The largest absolute Gasteiger partial charge is 0.497 e. The molecule has 0 spiro atoms. The smallest absolute Gasteiger partial charge is 0.322 e. The van der Waals surface area contributed by atoms with Crippen molar-refractivity contribution in [2.45, 2.75) is 25.8 Å². The molecule has 1 aliphatic heterocycles. The molecular weight excluding hydrogens is 426 g/mol. The first-order chi connectivity index (χ1) is 16.6. The van der Waals surface area contributed by atoms with Gasteiger partial charge in [-0.1, -0.05) is 37.3 Å². The summed E-state index contributed by atoms with van der Waals surface area (Å²) in [5, 5.41) is 4.31. The third-order valence-electron chi connectivity index (χ3n) is 6.67. The van der Waals surface area contributed by atoms with Gasteiger partial charge in [-0.2, -0.15) is 0 Å². The van der Waals surface area contributed by atoms with Crippen molar-refractivity contribution in [1.29, 1.82) is 0 Å². The van der Waals surface area contributed by atoms with Gasteiger partial charge in [0.05, 0.1) is 20.3 Å². The lowest BCUT2D eigenvalue weighted by atomic mass is 9.92. The minimum atomic E-state index is -0.248. The van der Waals surface area contributed by atoms with Crippen molar-refractivity contribution in [2.24, 2.45) is 0 Å². The Kier molecular flexibility index (Phi) is 5.88. The van der Waals surface area contributed by atoms with E-state index in [1.165, 1.54) is 5.56 Å². The topological polar surface area (TPSA) is 66.6 Å². The maximum atomic E-state index is 13.6. The predicted octanol–water partition coefficient (Wildman–Crippen LogP) is 5.93. The van der Waals surface area contributed by atoms with Crippen LogP contribution in [0.2, 0.25) is 0 Å². The van der Waals surface area contributed by atoms with E-state index in [0.717, 1.165) is 57.8 Å². The molecule has 1 aliphatic rings. The number of methoxy groups -OCH3 is 2. The van der Waals surface area contributed by atoms with Gasteiger partial charge in [-0.25, -0.2) is 4.79 Å². The second kappa shape index (κ2) is 9.14. The molecule has 3 aromatic carbocycles. The van der Waals surface area contributed by atoms with E-state index in [0.29, 0.717) is 6.54 Å². The van der Waals surface area contributed by atoms with E-state index < -0.39 is 0 Å². The number of nitrogens with one attached hydrogen (secondary N) is 2. The highest BCUT2D eigenvalue weighted by atomic mass is 16.5. The Balaban J connectivity index is 1.58. The molecule has 4 aromatic rings. The molecule has 2 N–H and O–H groups in total. The lowest BCUT2D eigenvalue weighted by Gasteiger charge is -2.36.